The molecule has 34 heavy (non-hydrogen) atoms. The van der Waals surface area contributed by atoms with Crippen molar-refractivity contribution in [1.82, 2.24) is 14.8 Å². The van der Waals surface area contributed by atoms with E-state index in [4.69, 9.17) is 0 Å². The van der Waals surface area contributed by atoms with Gasteiger partial charge < -0.3 is 9.88 Å². The second-order valence-corrected chi connectivity index (χ2v) is 9.45. The molecule has 0 unspecified atom stereocenters. The van der Waals surface area contributed by atoms with E-state index in [2.05, 4.69) is 42.2 Å². The van der Waals surface area contributed by atoms with Crippen LogP contribution in [0.15, 0.2) is 78.9 Å². The molecule has 0 spiro atoms. The monoisotopic (exact) mass is 449 g/mol. The fourth-order valence-corrected chi connectivity index (χ4v) is 5.65. The number of fused-ring (bicyclic) bond motifs is 5. The summed E-state index contributed by atoms with van der Waals surface area (Å²) in [5.74, 6) is -0.188. The number of aromatic amines is 1. The highest BCUT2D eigenvalue weighted by Gasteiger charge is 2.60. The lowest BCUT2D eigenvalue weighted by molar-refractivity contribution is -0.133. The minimum atomic E-state index is -1.06. The molecule has 5 nitrogen and oxygen atoms in total. The van der Waals surface area contributed by atoms with Gasteiger partial charge in [-0.15, -0.1) is 0 Å². The fourth-order valence-electron chi connectivity index (χ4n) is 5.65. The molecule has 3 heterocycles. The number of hydrogen-bond acceptors (Lipinski definition) is 2. The Morgan fingerprint density at radius 3 is 2.35 bits per heavy atom. The molecule has 1 saturated heterocycles. The SMILES string of the molecule is CCc1ccc([C@H]2CN3C(=O)N(Cc4ccccc4)C(=O)[C@]3(C)c3[nH]c4ccccc4c32)cc1. The van der Waals surface area contributed by atoms with Crippen LogP contribution < -0.4 is 0 Å². The molecule has 1 fully saturated rings. The number of benzene rings is 3. The van der Waals surface area contributed by atoms with Crippen molar-refractivity contribution >= 4 is 22.8 Å². The maximum absolute atomic E-state index is 13.9. The molecule has 1 N–H and O–H groups in total. The number of aryl methyl sites for hydroxylation is 1. The lowest BCUT2D eigenvalue weighted by Gasteiger charge is -2.40. The van der Waals surface area contributed by atoms with Crippen LogP contribution in [-0.4, -0.2) is 33.3 Å². The zero-order valence-corrected chi connectivity index (χ0v) is 19.4. The number of H-pyrrole nitrogens is 1. The van der Waals surface area contributed by atoms with E-state index in [1.165, 1.54) is 10.5 Å². The molecule has 1 aromatic heterocycles. The van der Waals surface area contributed by atoms with Gasteiger partial charge in [0.15, 0.2) is 5.54 Å². The van der Waals surface area contributed by atoms with Gasteiger partial charge in [-0.25, -0.2) is 4.79 Å². The third-order valence-electron chi connectivity index (χ3n) is 7.58. The molecule has 0 aliphatic carbocycles. The summed E-state index contributed by atoms with van der Waals surface area (Å²) in [6.07, 6.45) is 0.981. The summed E-state index contributed by atoms with van der Waals surface area (Å²) in [5.41, 5.74) is 5.28. The van der Waals surface area contributed by atoms with Crippen molar-refractivity contribution in [2.24, 2.45) is 0 Å². The van der Waals surface area contributed by atoms with Gasteiger partial charge in [0.1, 0.15) is 0 Å². The Bertz CT molecular complexity index is 1410. The summed E-state index contributed by atoms with van der Waals surface area (Å²) in [7, 11) is 0. The summed E-state index contributed by atoms with van der Waals surface area (Å²) in [6, 6.07) is 26.3. The van der Waals surface area contributed by atoms with Crippen LogP contribution in [0.25, 0.3) is 10.9 Å². The van der Waals surface area contributed by atoms with Crippen molar-refractivity contribution in [3.8, 4) is 0 Å². The van der Waals surface area contributed by atoms with Gasteiger partial charge >= 0.3 is 6.03 Å². The van der Waals surface area contributed by atoms with Crippen LogP contribution in [-0.2, 0) is 23.3 Å². The van der Waals surface area contributed by atoms with Gasteiger partial charge in [0, 0.05) is 23.4 Å². The van der Waals surface area contributed by atoms with Crippen LogP contribution >= 0.6 is 0 Å². The van der Waals surface area contributed by atoms with E-state index in [9.17, 15) is 9.59 Å². The Kier molecular flexibility index (Phi) is 4.63. The highest BCUT2D eigenvalue weighted by molar-refractivity contribution is 6.08. The van der Waals surface area contributed by atoms with Crippen molar-refractivity contribution in [2.45, 2.75) is 38.3 Å². The lowest BCUT2D eigenvalue weighted by Crippen LogP contribution is -2.50. The summed E-state index contributed by atoms with van der Waals surface area (Å²) in [5, 5.41) is 1.12. The van der Waals surface area contributed by atoms with Gasteiger partial charge in [-0.1, -0.05) is 79.7 Å². The average Bonchev–Trinajstić information content (AvgIpc) is 3.35. The topological polar surface area (TPSA) is 56.4 Å². The van der Waals surface area contributed by atoms with Crippen molar-refractivity contribution in [2.75, 3.05) is 6.54 Å². The van der Waals surface area contributed by atoms with Gasteiger partial charge in [0.2, 0.25) is 0 Å². The van der Waals surface area contributed by atoms with E-state index in [0.29, 0.717) is 6.54 Å². The maximum Gasteiger partial charge on any atom is 0.328 e. The minimum absolute atomic E-state index is 0.0152. The molecule has 3 amide bonds. The molecule has 170 valence electrons. The summed E-state index contributed by atoms with van der Waals surface area (Å²) in [6.45, 7) is 4.78. The molecule has 3 aromatic carbocycles. The second kappa shape index (κ2) is 7.59. The van der Waals surface area contributed by atoms with Crippen molar-refractivity contribution in [1.29, 1.82) is 0 Å². The van der Waals surface area contributed by atoms with E-state index in [1.807, 2.05) is 55.5 Å². The molecular weight excluding hydrogens is 422 g/mol. The summed E-state index contributed by atoms with van der Waals surface area (Å²) < 4.78 is 0. The maximum atomic E-state index is 13.9. The van der Waals surface area contributed by atoms with E-state index >= 15 is 0 Å². The molecule has 0 saturated carbocycles. The Morgan fingerprint density at radius 1 is 0.912 bits per heavy atom. The van der Waals surface area contributed by atoms with Crippen LogP contribution in [0.2, 0.25) is 0 Å². The van der Waals surface area contributed by atoms with Crippen molar-refractivity contribution < 1.29 is 9.59 Å². The molecule has 2 atom stereocenters. The molecule has 4 aromatic rings. The number of amides is 3. The predicted octanol–water partition coefficient (Wildman–Crippen LogP) is 5.56. The first kappa shape index (κ1) is 20.7. The summed E-state index contributed by atoms with van der Waals surface area (Å²) in [4.78, 5) is 34.3. The van der Waals surface area contributed by atoms with Gasteiger partial charge in [0.25, 0.3) is 5.91 Å². The highest BCUT2D eigenvalue weighted by atomic mass is 16.2. The lowest BCUT2D eigenvalue weighted by atomic mass is 9.78. The van der Waals surface area contributed by atoms with Crippen molar-refractivity contribution in [3.05, 3.63) is 107 Å². The normalized spacial score (nSPS) is 21.8. The zero-order chi connectivity index (χ0) is 23.4. The number of hydrogen-bond donors (Lipinski definition) is 1. The van der Waals surface area contributed by atoms with Gasteiger partial charge in [-0.05, 0) is 41.7 Å². The Morgan fingerprint density at radius 2 is 1.62 bits per heavy atom. The smallest absolute Gasteiger partial charge is 0.328 e. The molecule has 5 heteroatoms. The first-order valence-corrected chi connectivity index (χ1v) is 11.9. The standard InChI is InChI=1S/C29H27N3O2/c1-3-19-13-15-21(16-14-19)23-18-32-28(34)31(17-20-9-5-4-6-10-20)27(33)29(32,2)26-25(23)22-11-7-8-12-24(22)30-26/h4-16,23,30H,3,17-18H2,1-2H3/t23-,29+/m1/s1. The Hall–Kier alpha value is -3.86. The molecule has 0 bridgehead atoms. The molecule has 2 aliphatic heterocycles. The molecule has 6 rings (SSSR count). The third kappa shape index (κ3) is 2.86. The quantitative estimate of drug-likeness (QED) is 0.415. The number of nitrogens with zero attached hydrogens (tertiary/aromatic N) is 2. The van der Waals surface area contributed by atoms with Gasteiger partial charge in [0.05, 0.1) is 12.2 Å². The van der Waals surface area contributed by atoms with E-state index in [-0.39, 0.29) is 24.4 Å². The number of rotatable bonds is 4. The van der Waals surface area contributed by atoms with E-state index in [1.54, 1.807) is 4.90 Å². The zero-order valence-electron chi connectivity index (χ0n) is 19.4. The molecule has 2 aliphatic rings. The number of carbonyl (C=O) groups is 2. The Balaban J connectivity index is 1.51. The van der Waals surface area contributed by atoms with Gasteiger partial charge in [-0.2, -0.15) is 0 Å². The number of nitrogens with one attached hydrogen (secondary N) is 1. The molecular formula is C29H27N3O2. The van der Waals surface area contributed by atoms with Crippen LogP contribution in [0.3, 0.4) is 0 Å². The van der Waals surface area contributed by atoms with Crippen molar-refractivity contribution in [3.63, 3.8) is 0 Å². The Labute approximate surface area is 199 Å². The first-order chi connectivity index (χ1) is 16.5. The summed E-state index contributed by atoms with van der Waals surface area (Å²) >= 11 is 0. The number of aromatic nitrogens is 1. The first-order valence-electron chi connectivity index (χ1n) is 11.9. The number of urea groups is 1. The van der Waals surface area contributed by atoms with Crippen LogP contribution in [0.5, 0.6) is 0 Å². The van der Waals surface area contributed by atoms with Crippen LogP contribution in [0.4, 0.5) is 4.79 Å². The molecule has 0 radical (unpaired) electrons. The van der Waals surface area contributed by atoms with Crippen LogP contribution in [0.1, 0.15) is 47.7 Å². The number of imide groups is 1. The minimum Gasteiger partial charge on any atom is -0.356 e. The fraction of sp³-hybridized carbons (Fsp3) is 0.241. The largest absolute Gasteiger partial charge is 0.356 e. The highest BCUT2D eigenvalue weighted by Crippen LogP contribution is 2.49. The van der Waals surface area contributed by atoms with Gasteiger partial charge in [-0.3, -0.25) is 9.69 Å². The van der Waals surface area contributed by atoms with Crippen LogP contribution in [0, 0.1) is 0 Å². The third-order valence-corrected chi connectivity index (χ3v) is 7.58. The number of carbonyl (C=O) groups excluding carboxylic acids is 2. The van der Waals surface area contributed by atoms with E-state index < -0.39 is 5.54 Å². The number of para-hydroxylation sites is 1. The second-order valence-electron chi connectivity index (χ2n) is 9.45. The predicted molar refractivity (Wildman–Crippen MR) is 132 cm³/mol. The van der Waals surface area contributed by atoms with E-state index in [0.717, 1.165) is 39.7 Å². The average molecular weight is 450 g/mol.